The molecule has 1 heterocycles. The van der Waals surface area contributed by atoms with Crippen molar-refractivity contribution in [3.8, 4) is 0 Å². The summed E-state index contributed by atoms with van der Waals surface area (Å²) < 4.78 is 18.2. The zero-order valence-electron chi connectivity index (χ0n) is 13.4. The molecule has 126 valence electrons. The molecule has 7 heteroatoms. The van der Waals surface area contributed by atoms with Crippen molar-refractivity contribution in [3.63, 3.8) is 0 Å². The van der Waals surface area contributed by atoms with Crippen LogP contribution in [0.15, 0.2) is 24.3 Å². The predicted molar refractivity (Wildman–Crippen MR) is 84.5 cm³/mol. The number of carbonyl (C=O) groups is 2. The minimum Gasteiger partial charge on any atom is -0.375 e. The van der Waals surface area contributed by atoms with Gasteiger partial charge in [0.05, 0.1) is 0 Å². The van der Waals surface area contributed by atoms with Gasteiger partial charge in [-0.1, -0.05) is 6.07 Å². The Morgan fingerprint density at radius 3 is 2.61 bits per heavy atom. The molecule has 2 rings (SSSR count). The van der Waals surface area contributed by atoms with Crippen LogP contribution in [0.5, 0.6) is 0 Å². The van der Waals surface area contributed by atoms with Crippen LogP contribution >= 0.6 is 0 Å². The molecule has 1 aliphatic heterocycles. The highest BCUT2D eigenvalue weighted by molar-refractivity contribution is 5.90. The second-order valence-electron chi connectivity index (χ2n) is 5.61. The van der Waals surface area contributed by atoms with Crippen LogP contribution in [0.3, 0.4) is 0 Å². The standard InChI is InChI=1S/C16H22FN3O3/c1-18-15(22)16(19-13-5-3-4-12(17)10-13)6-8-20(9-7-16)14(21)11-23-2/h3-5,10,19H,6-9,11H2,1-2H3,(H,18,22). The number of nitrogens with zero attached hydrogens (tertiary/aromatic N) is 1. The van der Waals surface area contributed by atoms with Gasteiger partial charge >= 0.3 is 0 Å². The summed E-state index contributed by atoms with van der Waals surface area (Å²) in [7, 11) is 3.04. The Labute approximate surface area is 135 Å². The molecule has 0 unspecified atom stereocenters. The quantitative estimate of drug-likeness (QED) is 0.848. The van der Waals surface area contributed by atoms with Gasteiger partial charge in [-0.05, 0) is 31.0 Å². The molecule has 0 aromatic heterocycles. The third-order valence-corrected chi connectivity index (χ3v) is 4.11. The number of anilines is 1. The van der Waals surface area contributed by atoms with Gasteiger partial charge in [0.25, 0.3) is 0 Å². The Hall–Kier alpha value is -2.15. The van der Waals surface area contributed by atoms with E-state index >= 15 is 0 Å². The second kappa shape index (κ2) is 7.41. The number of hydrogen-bond donors (Lipinski definition) is 2. The summed E-state index contributed by atoms with van der Waals surface area (Å²) in [4.78, 5) is 25.9. The Bertz CT molecular complexity index is 571. The summed E-state index contributed by atoms with van der Waals surface area (Å²) in [6, 6.07) is 6.01. The zero-order valence-corrected chi connectivity index (χ0v) is 13.4. The summed E-state index contributed by atoms with van der Waals surface area (Å²) in [6.07, 6.45) is 0.886. The van der Waals surface area contributed by atoms with Gasteiger partial charge in [0.2, 0.25) is 11.8 Å². The fraction of sp³-hybridized carbons (Fsp3) is 0.500. The lowest BCUT2D eigenvalue weighted by Crippen LogP contribution is -2.58. The normalized spacial score (nSPS) is 16.7. The number of carbonyl (C=O) groups excluding carboxylic acids is 2. The lowest BCUT2D eigenvalue weighted by molar-refractivity contribution is -0.138. The van der Waals surface area contributed by atoms with Gasteiger partial charge in [-0.2, -0.15) is 0 Å². The first-order chi connectivity index (χ1) is 11.0. The number of hydrogen-bond acceptors (Lipinski definition) is 4. The molecule has 0 radical (unpaired) electrons. The summed E-state index contributed by atoms with van der Waals surface area (Å²) in [5.41, 5.74) is -0.308. The molecular formula is C16H22FN3O3. The first kappa shape index (κ1) is 17.2. The van der Waals surface area contributed by atoms with Crippen LogP contribution in [0.1, 0.15) is 12.8 Å². The van der Waals surface area contributed by atoms with Crippen molar-refractivity contribution in [3.05, 3.63) is 30.1 Å². The van der Waals surface area contributed by atoms with Crippen LogP contribution in [0, 0.1) is 5.82 Å². The molecule has 1 fully saturated rings. The molecule has 0 saturated carbocycles. The van der Waals surface area contributed by atoms with Crippen molar-refractivity contribution < 1.29 is 18.7 Å². The number of likely N-dealkylation sites (tertiary alicyclic amines) is 1. The molecule has 0 aliphatic carbocycles. The van der Waals surface area contributed by atoms with E-state index in [1.807, 2.05) is 0 Å². The van der Waals surface area contributed by atoms with Gasteiger partial charge < -0.3 is 20.3 Å². The van der Waals surface area contributed by atoms with E-state index in [1.54, 1.807) is 24.1 Å². The van der Waals surface area contributed by atoms with Crippen LogP contribution in [0.2, 0.25) is 0 Å². The van der Waals surface area contributed by atoms with E-state index < -0.39 is 5.54 Å². The van der Waals surface area contributed by atoms with Gasteiger partial charge in [0, 0.05) is 32.9 Å². The lowest BCUT2D eigenvalue weighted by atomic mass is 9.86. The number of methoxy groups -OCH3 is 1. The average molecular weight is 323 g/mol. The maximum atomic E-state index is 13.4. The maximum absolute atomic E-state index is 13.4. The van der Waals surface area contributed by atoms with E-state index in [0.717, 1.165) is 0 Å². The fourth-order valence-electron chi connectivity index (χ4n) is 2.84. The van der Waals surface area contributed by atoms with Crippen molar-refractivity contribution in [2.45, 2.75) is 18.4 Å². The van der Waals surface area contributed by atoms with E-state index in [1.165, 1.54) is 19.2 Å². The highest BCUT2D eigenvalue weighted by Crippen LogP contribution is 2.28. The van der Waals surface area contributed by atoms with Crippen LogP contribution in [-0.4, -0.2) is 56.1 Å². The highest BCUT2D eigenvalue weighted by atomic mass is 19.1. The predicted octanol–water partition coefficient (Wildman–Crippen LogP) is 0.991. The monoisotopic (exact) mass is 323 g/mol. The molecule has 1 aromatic carbocycles. The van der Waals surface area contributed by atoms with Crippen molar-refractivity contribution in [2.24, 2.45) is 0 Å². The first-order valence-corrected chi connectivity index (χ1v) is 7.53. The number of benzene rings is 1. The van der Waals surface area contributed by atoms with E-state index in [-0.39, 0.29) is 24.2 Å². The van der Waals surface area contributed by atoms with Gasteiger partial charge in [0.15, 0.2) is 0 Å². The lowest BCUT2D eigenvalue weighted by Gasteiger charge is -2.41. The summed E-state index contributed by atoms with van der Waals surface area (Å²) >= 11 is 0. The number of amides is 2. The van der Waals surface area contributed by atoms with E-state index in [2.05, 4.69) is 10.6 Å². The van der Waals surface area contributed by atoms with Gasteiger partial charge in [0.1, 0.15) is 18.0 Å². The largest absolute Gasteiger partial charge is 0.375 e. The number of halogens is 1. The van der Waals surface area contributed by atoms with Crippen LogP contribution in [0.25, 0.3) is 0 Å². The molecule has 2 amide bonds. The van der Waals surface area contributed by atoms with Crippen LogP contribution < -0.4 is 10.6 Å². The number of ether oxygens (including phenoxy) is 1. The number of likely N-dealkylation sites (N-methyl/N-ethyl adjacent to an activating group) is 1. The van der Waals surface area contributed by atoms with Gasteiger partial charge in [-0.3, -0.25) is 9.59 Å². The second-order valence-corrected chi connectivity index (χ2v) is 5.61. The van der Waals surface area contributed by atoms with Crippen molar-refractivity contribution in [2.75, 3.05) is 39.2 Å². The van der Waals surface area contributed by atoms with E-state index in [0.29, 0.717) is 31.6 Å². The topological polar surface area (TPSA) is 70.7 Å². The van der Waals surface area contributed by atoms with Gasteiger partial charge in [-0.15, -0.1) is 0 Å². The fourth-order valence-corrected chi connectivity index (χ4v) is 2.84. The van der Waals surface area contributed by atoms with Crippen LogP contribution in [-0.2, 0) is 14.3 Å². The Morgan fingerprint density at radius 1 is 1.35 bits per heavy atom. The van der Waals surface area contributed by atoms with Crippen molar-refractivity contribution >= 4 is 17.5 Å². The molecule has 1 aliphatic rings. The molecular weight excluding hydrogens is 301 g/mol. The summed E-state index contributed by atoms with van der Waals surface area (Å²) in [5, 5.41) is 5.81. The molecule has 0 bridgehead atoms. The van der Waals surface area contributed by atoms with Crippen LogP contribution in [0.4, 0.5) is 10.1 Å². The third kappa shape index (κ3) is 3.98. The number of nitrogens with one attached hydrogen (secondary N) is 2. The van der Waals surface area contributed by atoms with Gasteiger partial charge in [-0.25, -0.2) is 4.39 Å². The average Bonchev–Trinajstić information content (AvgIpc) is 2.55. The SMILES string of the molecule is CNC(=O)C1(Nc2cccc(F)c2)CCN(C(=O)COC)CC1. The molecule has 1 saturated heterocycles. The summed E-state index contributed by atoms with van der Waals surface area (Å²) in [5.74, 6) is -0.626. The Balaban J connectivity index is 2.13. The number of piperidine rings is 1. The van der Waals surface area contributed by atoms with E-state index in [9.17, 15) is 14.0 Å². The maximum Gasteiger partial charge on any atom is 0.248 e. The zero-order chi connectivity index (χ0) is 16.9. The first-order valence-electron chi connectivity index (χ1n) is 7.53. The summed E-state index contributed by atoms with van der Waals surface area (Å²) in [6.45, 7) is 0.917. The van der Waals surface area contributed by atoms with Crippen molar-refractivity contribution in [1.29, 1.82) is 0 Å². The highest BCUT2D eigenvalue weighted by Gasteiger charge is 2.41. The third-order valence-electron chi connectivity index (χ3n) is 4.11. The molecule has 0 spiro atoms. The Kier molecular flexibility index (Phi) is 5.54. The smallest absolute Gasteiger partial charge is 0.248 e. The minimum absolute atomic E-state index is 0.0320. The molecule has 1 aromatic rings. The number of rotatable bonds is 5. The van der Waals surface area contributed by atoms with Crippen molar-refractivity contribution in [1.82, 2.24) is 10.2 Å². The Morgan fingerprint density at radius 2 is 2.04 bits per heavy atom. The molecule has 2 N–H and O–H groups in total. The molecule has 6 nitrogen and oxygen atoms in total. The minimum atomic E-state index is -0.855. The molecule has 23 heavy (non-hydrogen) atoms. The van der Waals surface area contributed by atoms with E-state index in [4.69, 9.17) is 4.74 Å². The molecule has 0 atom stereocenters.